The van der Waals surface area contributed by atoms with Crippen molar-refractivity contribution in [2.75, 3.05) is 12.9 Å². The molecule has 0 atom stereocenters. The van der Waals surface area contributed by atoms with E-state index in [0.717, 1.165) is 22.3 Å². The topological polar surface area (TPSA) is 77.7 Å². The summed E-state index contributed by atoms with van der Waals surface area (Å²) in [6, 6.07) is 10.1. The van der Waals surface area contributed by atoms with Crippen molar-refractivity contribution < 1.29 is 22.3 Å². The molecule has 0 aliphatic rings. The molecule has 0 aliphatic carbocycles. The van der Waals surface area contributed by atoms with Crippen LogP contribution in [0.5, 0.6) is 5.75 Å². The zero-order valence-electron chi connectivity index (χ0n) is 14.7. The van der Waals surface area contributed by atoms with Gasteiger partial charge in [0, 0.05) is 13.5 Å². The van der Waals surface area contributed by atoms with Crippen LogP contribution < -0.4 is 9.54 Å². The van der Waals surface area contributed by atoms with Gasteiger partial charge in [-0.25, -0.2) is 12.8 Å². The number of hydrogen-bond acceptors (Lipinski definition) is 5. The maximum Gasteiger partial charge on any atom is 0.249 e. The summed E-state index contributed by atoms with van der Waals surface area (Å²) >= 11 is 1.32. The summed E-state index contributed by atoms with van der Waals surface area (Å²) in [6.07, 6.45) is -0.253. The summed E-state index contributed by atoms with van der Waals surface area (Å²) in [5, 5.41) is 0. The first-order valence-corrected chi connectivity index (χ1v) is 10.5. The number of nitrogens with zero attached hydrogens (tertiary/aromatic N) is 2. The van der Waals surface area contributed by atoms with Crippen molar-refractivity contribution in [3.8, 4) is 5.75 Å². The van der Waals surface area contributed by atoms with Crippen LogP contribution in [0.15, 0.2) is 52.4 Å². The lowest BCUT2D eigenvalue weighted by molar-refractivity contribution is -0.117. The Kier molecular flexibility index (Phi) is 5.43. The van der Waals surface area contributed by atoms with E-state index in [9.17, 15) is 17.6 Å². The van der Waals surface area contributed by atoms with Crippen molar-refractivity contribution in [2.24, 2.45) is 12.0 Å². The number of aromatic nitrogens is 1. The Morgan fingerprint density at radius 3 is 2.59 bits per heavy atom. The molecule has 0 saturated carbocycles. The fourth-order valence-electron chi connectivity index (χ4n) is 2.49. The lowest BCUT2D eigenvalue weighted by Crippen LogP contribution is -2.15. The van der Waals surface area contributed by atoms with Gasteiger partial charge in [0.15, 0.2) is 14.6 Å². The second-order valence-corrected chi connectivity index (χ2v) is 8.92. The van der Waals surface area contributed by atoms with E-state index in [0.29, 0.717) is 10.6 Å². The molecule has 1 heterocycles. The highest BCUT2D eigenvalue weighted by Gasteiger charge is 2.16. The van der Waals surface area contributed by atoms with Crippen LogP contribution in [0.3, 0.4) is 0 Å². The van der Waals surface area contributed by atoms with Crippen molar-refractivity contribution in [1.29, 1.82) is 0 Å². The molecule has 2 aromatic carbocycles. The van der Waals surface area contributed by atoms with E-state index in [4.69, 9.17) is 4.74 Å². The zero-order chi connectivity index (χ0) is 19.6. The molecule has 1 amide bonds. The molecular weight excluding hydrogens is 391 g/mol. The predicted octanol–water partition coefficient (Wildman–Crippen LogP) is 2.68. The summed E-state index contributed by atoms with van der Waals surface area (Å²) in [4.78, 5) is 16.7. The highest BCUT2D eigenvalue weighted by atomic mass is 32.2. The standard InChI is InChI=1S/C18H17FN2O4S2/c1-21-15-8-5-13(25-2)11-16(15)26-18(21)20-17(22)9-10-27(23,24)14-6-3-12(19)4-7-14/h3-8,11H,9-10H2,1-2H3. The first kappa shape index (κ1) is 19.2. The fraction of sp³-hybridized carbons (Fsp3) is 0.222. The number of methoxy groups -OCH3 is 1. The van der Waals surface area contributed by atoms with Crippen LogP contribution >= 0.6 is 11.3 Å². The number of benzene rings is 2. The third-order valence-corrected chi connectivity index (χ3v) is 6.82. The molecular formula is C18H17FN2O4S2. The van der Waals surface area contributed by atoms with Gasteiger partial charge < -0.3 is 9.30 Å². The number of carbonyl (C=O) groups is 1. The lowest BCUT2D eigenvalue weighted by Gasteiger charge is -2.02. The van der Waals surface area contributed by atoms with Crippen LogP contribution in [0.25, 0.3) is 10.2 Å². The summed E-state index contributed by atoms with van der Waals surface area (Å²) in [5.74, 6) is -0.736. The van der Waals surface area contributed by atoms with Crippen LogP contribution in [0.4, 0.5) is 4.39 Å². The number of fused-ring (bicyclic) bond motifs is 1. The third kappa shape index (κ3) is 4.25. The van der Waals surface area contributed by atoms with Gasteiger partial charge in [0.1, 0.15) is 11.6 Å². The Morgan fingerprint density at radius 2 is 1.93 bits per heavy atom. The summed E-state index contributed by atoms with van der Waals surface area (Å²) in [5.41, 5.74) is 0.895. The molecule has 3 aromatic rings. The van der Waals surface area contributed by atoms with Gasteiger partial charge in [-0.15, -0.1) is 0 Å². The van der Waals surface area contributed by atoms with E-state index in [-0.39, 0.29) is 17.1 Å². The maximum atomic E-state index is 12.9. The SMILES string of the molecule is COc1ccc2c(c1)sc(=NC(=O)CCS(=O)(=O)c1ccc(F)cc1)n2C. The number of hydrogen-bond donors (Lipinski definition) is 0. The second-order valence-electron chi connectivity index (χ2n) is 5.81. The quantitative estimate of drug-likeness (QED) is 0.608. The minimum Gasteiger partial charge on any atom is -0.497 e. The van der Waals surface area contributed by atoms with E-state index in [2.05, 4.69) is 4.99 Å². The van der Waals surface area contributed by atoms with E-state index < -0.39 is 21.6 Å². The Labute approximate surface area is 159 Å². The van der Waals surface area contributed by atoms with Crippen molar-refractivity contribution in [3.05, 3.63) is 53.1 Å². The highest BCUT2D eigenvalue weighted by Crippen LogP contribution is 2.22. The van der Waals surface area contributed by atoms with Gasteiger partial charge >= 0.3 is 0 Å². The Morgan fingerprint density at radius 1 is 1.22 bits per heavy atom. The maximum absolute atomic E-state index is 12.9. The van der Waals surface area contributed by atoms with Crippen LogP contribution in [0.1, 0.15) is 6.42 Å². The van der Waals surface area contributed by atoms with Gasteiger partial charge in [0.05, 0.1) is 28.0 Å². The van der Waals surface area contributed by atoms with Crippen molar-refractivity contribution in [3.63, 3.8) is 0 Å². The number of amides is 1. The van der Waals surface area contributed by atoms with Crippen LogP contribution in [0.2, 0.25) is 0 Å². The molecule has 142 valence electrons. The van der Waals surface area contributed by atoms with Crippen molar-refractivity contribution in [1.82, 2.24) is 4.57 Å². The first-order chi connectivity index (χ1) is 12.8. The van der Waals surface area contributed by atoms with E-state index in [1.165, 1.54) is 23.5 Å². The van der Waals surface area contributed by atoms with Gasteiger partial charge in [-0.3, -0.25) is 4.79 Å². The predicted molar refractivity (Wildman–Crippen MR) is 101 cm³/mol. The number of sulfone groups is 1. The van der Waals surface area contributed by atoms with Gasteiger partial charge in [-0.2, -0.15) is 4.99 Å². The first-order valence-electron chi connectivity index (χ1n) is 7.99. The lowest BCUT2D eigenvalue weighted by atomic mass is 10.3. The molecule has 9 heteroatoms. The molecule has 1 aromatic heterocycles. The van der Waals surface area contributed by atoms with Gasteiger partial charge in [0.25, 0.3) is 0 Å². The Bertz CT molecular complexity index is 1160. The van der Waals surface area contributed by atoms with Crippen LogP contribution in [-0.4, -0.2) is 31.8 Å². The number of halogens is 1. The minimum absolute atomic E-state index is 0.0174. The molecule has 0 spiro atoms. The minimum atomic E-state index is -3.68. The number of thiazole rings is 1. The fourth-order valence-corrected chi connectivity index (χ4v) is 4.79. The van der Waals surface area contributed by atoms with Gasteiger partial charge in [-0.1, -0.05) is 11.3 Å². The molecule has 0 radical (unpaired) electrons. The normalized spacial score (nSPS) is 12.5. The van der Waals surface area contributed by atoms with Crippen LogP contribution in [-0.2, 0) is 21.7 Å². The molecule has 0 saturated heterocycles. The van der Waals surface area contributed by atoms with Crippen molar-refractivity contribution in [2.45, 2.75) is 11.3 Å². The zero-order valence-corrected chi connectivity index (χ0v) is 16.3. The average molecular weight is 408 g/mol. The molecule has 0 unspecified atom stereocenters. The molecule has 0 fully saturated rings. The third-order valence-electron chi connectivity index (χ3n) is 3.99. The average Bonchev–Trinajstić information content (AvgIpc) is 2.95. The number of aryl methyl sites for hydroxylation is 1. The second kappa shape index (κ2) is 7.61. The molecule has 0 bridgehead atoms. The van der Waals surface area contributed by atoms with Gasteiger partial charge in [-0.05, 0) is 42.5 Å². The van der Waals surface area contributed by atoms with Gasteiger partial charge in [0.2, 0.25) is 5.91 Å². The largest absolute Gasteiger partial charge is 0.497 e. The number of ether oxygens (including phenoxy) is 1. The summed E-state index contributed by atoms with van der Waals surface area (Å²) in [7, 11) is -0.317. The van der Waals surface area contributed by atoms with E-state index in [1.807, 2.05) is 18.2 Å². The highest BCUT2D eigenvalue weighted by molar-refractivity contribution is 7.91. The molecule has 0 N–H and O–H groups in total. The van der Waals surface area contributed by atoms with E-state index in [1.54, 1.807) is 18.7 Å². The number of rotatable bonds is 5. The molecule has 0 aliphatic heterocycles. The summed E-state index contributed by atoms with van der Waals surface area (Å²) < 4.78 is 45.3. The van der Waals surface area contributed by atoms with E-state index >= 15 is 0 Å². The van der Waals surface area contributed by atoms with Crippen LogP contribution in [0, 0.1) is 5.82 Å². The monoisotopic (exact) mass is 408 g/mol. The molecule has 3 rings (SSSR count). The Hall–Kier alpha value is -2.52. The Balaban J connectivity index is 1.79. The number of carbonyl (C=O) groups excluding carboxylic acids is 1. The molecule has 27 heavy (non-hydrogen) atoms. The smallest absolute Gasteiger partial charge is 0.249 e. The van der Waals surface area contributed by atoms with Crippen molar-refractivity contribution >= 4 is 37.3 Å². The molecule has 6 nitrogen and oxygen atoms in total. The summed E-state index contributed by atoms with van der Waals surface area (Å²) in [6.45, 7) is 0.